The minimum atomic E-state index is -4.53. The molecule has 274 valence electrons. The van der Waals surface area contributed by atoms with E-state index in [0.29, 0.717) is 16.0 Å². The molecule has 1 heterocycles. The molecular weight excluding hydrogens is 701 g/mol. The third kappa shape index (κ3) is 8.86. The number of nitrogens with zero attached hydrogens (tertiary/aromatic N) is 1. The number of nitrogens with one attached hydrogen (secondary N) is 1. The van der Waals surface area contributed by atoms with E-state index in [4.69, 9.17) is 14.2 Å². The van der Waals surface area contributed by atoms with E-state index >= 15 is 0 Å². The van der Waals surface area contributed by atoms with E-state index in [-0.39, 0.29) is 42.2 Å². The molecule has 0 radical (unpaired) electrons. The van der Waals surface area contributed by atoms with Crippen molar-refractivity contribution in [3.05, 3.63) is 105 Å². The first-order chi connectivity index (χ1) is 24.6. The number of carbonyl (C=O) groups excluding carboxylic acids is 5. The predicted octanol–water partition coefficient (Wildman–Crippen LogP) is 7.45. The Labute approximate surface area is 302 Å². The van der Waals surface area contributed by atoms with Crippen molar-refractivity contribution in [2.45, 2.75) is 45.2 Å². The predicted molar refractivity (Wildman–Crippen MR) is 188 cm³/mol. The molecule has 0 saturated carbocycles. The van der Waals surface area contributed by atoms with Gasteiger partial charge in [0.2, 0.25) is 0 Å². The second-order valence-corrected chi connectivity index (χ2v) is 12.7. The van der Waals surface area contributed by atoms with Gasteiger partial charge < -0.3 is 24.4 Å². The standard InChI is InChI=1S/C38H37F3N2O8S/c1-6-49-35(47)37(36(48)50-7-2,31-9-8-20-52-31)19-18-32(44)51-26-15-17-30(29(22-26)34(46)43(4)5)42-33(45)27-16-10-23(3)21-28(27)24-11-13-25(14-12-24)38(39,40)41/h8-17,20-22H,6-7,18-19H2,1-5H3,(H,42,45). The maximum absolute atomic E-state index is 13.7. The number of rotatable bonds is 13. The van der Waals surface area contributed by atoms with E-state index < -0.39 is 53.3 Å². The first-order valence-corrected chi connectivity index (χ1v) is 17.0. The van der Waals surface area contributed by atoms with Crippen LogP contribution in [0.4, 0.5) is 18.9 Å². The number of benzene rings is 3. The molecule has 52 heavy (non-hydrogen) atoms. The molecule has 0 bridgehead atoms. The zero-order chi connectivity index (χ0) is 38.2. The number of amides is 2. The van der Waals surface area contributed by atoms with Gasteiger partial charge in [0.05, 0.1) is 30.0 Å². The lowest BCUT2D eigenvalue weighted by molar-refractivity contribution is -0.165. The van der Waals surface area contributed by atoms with Crippen LogP contribution in [-0.4, -0.2) is 61.9 Å². The van der Waals surface area contributed by atoms with Crippen molar-refractivity contribution in [1.29, 1.82) is 0 Å². The number of alkyl halides is 3. The summed E-state index contributed by atoms with van der Waals surface area (Å²) >= 11 is 1.14. The van der Waals surface area contributed by atoms with Crippen LogP contribution in [0, 0.1) is 6.92 Å². The van der Waals surface area contributed by atoms with Crippen LogP contribution in [0.15, 0.2) is 78.2 Å². The quantitative estimate of drug-likeness (QED) is 0.0852. The molecule has 14 heteroatoms. The molecule has 4 aromatic rings. The van der Waals surface area contributed by atoms with Crippen molar-refractivity contribution in [2.24, 2.45) is 0 Å². The largest absolute Gasteiger partial charge is 0.465 e. The Hall–Kier alpha value is -5.50. The van der Waals surface area contributed by atoms with Crippen LogP contribution in [0.25, 0.3) is 11.1 Å². The van der Waals surface area contributed by atoms with Gasteiger partial charge in [0.1, 0.15) is 5.75 Å². The van der Waals surface area contributed by atoms with Gasteiger partial charge in [0.25, 0.3) is 11.8 Å². The number of anilines is 1. The first-order valence-electron chi connectivity index (χ1n) is 16.2. The maximum Gasteiger partial charge on any atom is 0.416 e. The van der Waals surface area contributed by atoms with Crippen molar-refractivity contribution in [1.82, 2.24) is 4.90 Å². The summed E-state index contributed by atoms with van der Waals surface area (Å²) in [4.78, 5) is 68.2. The first kappa shape index (κ1) is 39.3. The molecule has 0 aliphatic heterocycles. The van der Waals surface area contributed by atoms with E-state index in [2.05, 4.69) is 5.32 Å². The van der Waals surface area contributed by atoms with Gasteiger partial charge in [-0.15, -0.1) is 11.3 Å². The molecule has 0 saturated heterocycles. The van der Waals surface area contributed by atoms with Gasteiger partial charge in [-0.2, -0.15) is 13.2 Å². The highest BCUT2D eigenvalue weighted by Crippen LogP contribution is 2.37. The summed E-state index contributed by atoms with van der Waals surface area (Å²) in [5, 5.41) is 4.39. The van der Waals surface area contributed by atoms with Crippen LogP contribution in [-0.2, 0) is 35.4 Å². The highest BCUT2D eigenvalue weighted by Gasteiger charge is 2.51. The molecule has 0 unspecified atom stereocenters. The van der Waals surface area contributed by atoms with Gasteiger partial charge >= 0.3 is 24.1 Å². The average molecular weight is 739 g/mol. The molecule has 0 fully saturated rings. The van der Waals surface area contributed by atoms with Crippen LogP contribution < -0.4 is 10.1 Å². The number of hydrogen-bond donors (Lipinski definition) is 1. The zero-order valence-corrected chi connectivity index (χ0v) is 29.9. The lowest BCUT2D eigenvalue weighted by Crippen LogP contribution is -2.46. The lowest BCUT2D eigenvalue weighted by Gasteiger charge is -2.28. The highest BCUT2D eigenvalue weighted by atomic mass is 32.1. The number of aryl methyl sites for hydroxylation is 1. The summed E-state index contributed by atoms with van der Waals surface area (Å²) in [6, 6.07) is 16.5. The Morgan fingerprint density at radius 2 is 1.48 bits per heavy atom. The minimum absolute atomic E-state index is 0.0122. The van der Waals surface area contributed by atoms with Gasteiger partial charge in [-0.05, 0) is 86.2 Å². The summed E-state index contributed by atoms with van der Waals surface area (Å²) in [5.74, 6) is -3.79. The normalized spacial score (nSPS) is 11.4. The Kier molecular flexibility index (Phi) is 12.6. The van der Waals surface area contributed by atoms with Gasteiger partial charge in [-0.3, -0.25) is 24.0 Å². The lowest BCUT2D eigenvalue weighted by atomic mass is 9.81. The van der Waals surface area contributed by atoms with Crippen LogP contribution in [0.1, 0.15) is 63.4 Å². The number of esters is 3. The monoisotopic (exact) mass is 738 g/mol. The molecule has 0 atom stereocenters. The van der Waals surface area contributed by atoms with Crippen LogP contribution >= 0.6 is 11.3 Å². The number of thiophene rings is 1. The fourth-order valence-electron chi connectivity index (χ4n) is 5.35. The van der Waals surface area contributed by atoms with E-state index in [0.717, 1.165) is 29.0 Å². The van der Waals surface area contributed by atoms with E-state index in [9.17, 15) is 37.1 Å². The zero-order valence-electron chi connectivity index (χ0n) is 29.1. The Morgan fingerprint density at radius 1 is 0.827 bits per heavy atom. The topological polar surface area (TPSA) is 128 Å². The van der Waals surface area contributed by atoms with Crippen LogP contribution in [0.2, 0.25) is 0 Å². The van der Waals surface area contributed by atoms with Gasteiger partial charge in [0.15, 0.2) is 5.41 Å². The summed E-state index contributed by atoms with van der Waals surface area (Å²) in [7, 11) is 2.98. The Morgan fingerprint density at radius 3 is 2.04 bits per heavy atom. The van der Waals surface area contributed by atoms with Crippen molar-refractivity contribution >= 4 is 46.7 Å². The number of ether oxygens (including phenoxy) is 3. The third-order valence-corrected chi connectivity index (χ3v) is 8.98. The molecule has 4 rings (SSSR count). The molecule has 1 aromatic heterocycles. The van der Waals surface area contributed by atoms with Crippen LogP contribution in [0.3, 0.4) is 0 Å². The summed E-state index contributed by atoms with van der Waals surface area (Å²) < 4.78 is 55.6. The van der Waals surface area contributed by atoms with Gasteiger partial charge in [-0.1, -0.05) is 35.9 Å². The van der Waals surface area contributed by atoms with Crippen molar-refractivity contribution in [3.63, 3.8) is 0 Å². The summed E-state index contributed by atoms with van der Waals surface area (Å²) in [6.07, 6.45) is -5.26. The fraction of sp³-hybridized carbons (Fsp3) is 0.289. The molecule has 1 N–H and O–H groups in total. The van der Waals surface area contributed by atoms with Gasteiger partial charge in [-0.25, -0.2) is 0 Å². The second kappa shape index (κ2) is 16.7. The summed E-state index contributed by atoms with van der Waals surface area (Å²) in [5.41, 5.74) is -1.04. The molecular formula is C38H37F3N2O8S. The second-order valence-electron chi connectivity index (χ2n) is 11.8. The molecule has 0 aliphatic rings. The average Bonchev–Trinajstić information content (AvgIpc) is 3.64. The van der Waals surface area contributed by atoms with Crippen molar-refractivity contribution < 1.29 is 51.4 Å². The van der Waals surface area contributed by atoms with Crippen LogP contribution in [0.5, 0.6) is 5.75 Å². The van der Waals surface area contributed by atoms with Gasteiger partial charge in [0, 0.05) is 31.0 Å². The molecule has 0 spiro atoms. The van der Waals surface area contributed by atoms with Crippen molar-refractivity contribution in [2.75, 3.05) is 32.6 Å². The fourth-order valence-corrected chi connectivity index (χ4v) is 6.28. The SMILES string of the molecule is CCOC(=O)C(CCC(=O)Oc1ccc(NC(=O)c2ccc(C)cc2-c2ccc(C(F)(F)F)cc2)c(C(=O)N(C)C)c1)(C(=O)OCC)c1cccs1. The van der Waals surface area contributed by atoms with E-state index in [1.165, 1.54) is 55.4 Å². The number of hydrogen-bond acceptors (Lipinski definition) is 9. The molecule has 10 nitrogen and oxygen atoms in total. The molecule has 2 amide bonds. The van der Waals surface area contributed by atoms with E-state index in [1.54, 1.807) is 50.4 Å². The van der Waals surface area contributed by atoms with Crippen molar-refractivity contribution in [3.8, 4) is 16.9 Å². The molecule has 3 aromatic carbocycles. The third-order valence-electron chi connectivity index (χ3n) is 7.94. The number of halogens is 3. The summed E-state index contributed by atoms with van der Waals surface area (Å²) in [6.45, 7) is 4.94. The molecule has 0 aliphatic carbocycles. The van der Waals surface area contributed by atoms with E-state index in [1.807, 2.05) is 0 Å². The maximum atomic E-state index is 13.7. The Bertz CT molecular complexity index is 1920. The smallest absolute Gasteiger partial charge is 0.416 e. The highest BCUT2D eigenvalue weighted by molar-refractivity contribution is 7.10. The minimum Gasteiger partial charge on any atom is -0.465 e. The Balaban J connectivity index is 1.60. The number of carbonyl (C=O) groups is 5.